The highest BCUT2D eigenvalue weighted by molar-refractivity contribution is 5.28. The third-order valence-corrected chi connectivity index (χ3v) is 3.55. The summed E-state index contributed by atoms with van der Waals surface area (Å²) >= 11 is 0. The molecule has 1 heterocycles. The lowest BCUT2D eigenvalue weighted by Crippen LogP contribution is -2.52. The fourth-order valence-electron chi connectivity index (χ4n) is 2.02. The number of aliphatic hydroxyl groups excluding tert-OH is 1. The molecule has 100 valence electrons. The van der Waals surface area contributed by atoms with Gasteiger partial charge in [0, 0.05) is 12.6 Å². The normalized spacial score (nSPS) is 19.1. The molecule has 4 heteroatoms. The number of benzene rings is 1. The van der Waals surface area contributed by atoms with Gasteiger partial charge in [0.25, 0.3) is 0 Å². The molecule has 1 saturated heterocycles. The van der Waals surface area contributed by atoms with Crippen LogP contribution in [0.25, 0.3) is 0 Å². The van der Waals surface area contributed by atoms with E-state index in [4.69, 9.17) is 9.47 Å². The Bertz CT molecular complexity index is 368. The van der Waals surface area contributed by atoms with Crippen LogP contribution in [0.1, 0.15) is 18.5 Å². The molecule has 1 aromatic carbocycles. The molecular formula is C14H21NO3. The van der Waals surface area contributed by atoms with E-state index >= 15 is 0 Å². The number of hydrogen-bond acceptors (Lipinski definition) is 4. The highest BCUT2D eigenvalue weighted by Gasteiger charge is 2.37. The minimum Gasteiger partial charge on any atom is -0.497 e. The molecule has 2 N–H and O–H groups in total. The van der Waals surface area contributed by atoms with E-state index in [0.717, 1.165) is 12.3 Å². The Balaban J connectivity index is 1.88. The number of nitrogens with one attached hydrogen (secondary N) is 1. The lowest BCUT2D eigenvalue weighted by molar-refractivity contribution is -0.135. The first-order valence-corrected chi connectivity index (χ1v) is 6.25. The summed E-state index contributed by atoms with van der Waals surface area (Å²) in [5, 5.41) is 12.8. The maximum atomic E-state index is 9.35. The van der Waals surface area contributed by atoms with Crippen LogP contribution in [0.2, 0.25) is 0 Å². The largest absolute Gasteiger partial charge is 0.497 e. The lowest BCUT2D eigenvalue weighted by Gasteiger charge is -2.40. The molecule has 1 aliphatic rings. The average molecular weight is 251 g/mol. The van der Waals surface area contributed by atoms with Gasteiger partial charge in [-0.1, -0.05) is 12.1 Å². The fraction of sp³-hybridized carbons (Fsp3) is 0.571. The molecule has 0 amide bonds. The second-order valence-corrected chi connectivity index (χ2v) is 5.03. The van der Waals surface area contributed by atoms with Gasteiger partial charge in [0.05, 0.1) is 32.3 Å². The Morgan fingerprint density at radius 3 is 2.50 bits per heavy atom. The van der Waals surface area contributed by atoms with Crippen LogP contribution in [0.4, 0.5) is 0 Å². The van der Waals surface area contributed by atoms with Gasteiger partial charge in [-0.15, -0.1) is 0 Å². The zero-order chi connectivity index (χ0) is 13.0. The summed E-state index contributed by atoms with van der Waals surface area (Å²) in [6.07, 6.45) is 0. The highest BCUT2D eigenvalue weighted by Crippen LogP contribution is 2.27. The molecule has 1 fully saturated rings. The van der Waals surface area contributed by atoms with Crippen molar-refractivity contribution in [1.82, 2.24) is 5.32 Å². The van der Waals surface area contributed by atoms with Crippen molar-refractivity contribution in [3.8, 4) is 5.75 Å². The van der Waals surface area contributed by atoms with Crippen molar-refractivity contribution in [2.24, 2.45) is 5.41 Å². The molecule has 0 radical (unpaired) electrons. The Morgan fingerprint density at radius 2 is 2.06 bits per heavy atom. The number of ether oxygens (including phenoxy) is 2. The molecule has 0 aromatic heterocycles. The maximum Gasteiger partial charge on any atom is 0.118 e. The van der Waals surface area contributed by atoms with Gasteiger partial charge in [0.15, 0.2) is 0 Å². The SMILES string of the molecule is COc1ccc(C(C)NCC2(CO)COC2)cc1. The van der Waals surface area contributed by atoms with Crippen LogP contribution in [-0.2, 0) is 4.74 Å². The first-order valence-electron chi connectivity index (χ1n) is 6.25. The van der Waals surface area contributed by atoms with Crippen LogP contribution in [0.3, 0.4) is 0 Å². The Morgan fingerprint density at radius 1 is 1.39 bits per heavy atom. The van der Waals surface area contributed by atoms with Gasteiger partial charge in [0.2, 0.25) is 0 Å². The van der Waals surface area contributed by atoms with E-state index in [2.05, 4.69) is 24.4 Å². The minimum absolute atomic E-state index is 0.0826. The van der Waals surface area contributed by atoms with Crippen LogP contribution in [0, 0.1) is 5.41 Å². The van der Waals surface area contributed by atoms with Gasteiger partial charge in [-0.05, 0) is 24.6 Å². The molecule has 18 heavy (non-hydrogen) atoms. The van der Waals surface area contributed by atoms with Gasteiger partial charge in [-0.3, -0.25) is 0 Å². The van der Waals surface area contributed by atoms with Gasteiger partial charge < -0.3 is 19.9 Å². The number of methoxy groups -OCH3 is 1. The third kappa shape index (κ3) is 2.83. The summed E-state index contributed by atoms with van der Waals surface area (Å²) in [6, 6.07) is 8.28. The van der Waals surface area contributed by atoms with Gasteiger partial charge in [0.1, 0.15) is 5.75 Å². The smallest absolute Gasteiger partial charge is 0.118 e. The van der Waals surface area contributed by atoms with Crippen molar-refractivity contribution in [3.63, 3.8) is 0 Å². The van der Waals surface area contributed by atoms with Crippen LogP contribution in [-0.4, -0.2) is 38.6 Å². The topological polar surface area (TPSA) is 50.7 Å². The molecule has 0 aliphatic carbocycles. The van der Waals surface area contributed by atoms with Crippen molar-refractivity contribution in [2.45, 2.75) is 13.0 Å². The van der Waals surface area contributed by atoms with E-state index < -0.39 is 0 Å². The molecule has 1 aromatic rings. The predicted molar refractivity (Wildman–Crippen MR) is 69.7 cm³/mol. The van der Waals surface area contributed by atoms with Crippen LogP contribution in [0.15, 0.2) is 24.3 Å². The van der Waals surface area contributed by atoms with Gasteiger partial charge in [-0.2, -0.15) is 0 Å². The molecule has 1 unspecified atom stereocenters. The van der Waals surface area contributed by atoms with E-state index in [1.54, 1.807) is 7.11 Å². The highest BCUT2D eigenvalue weighted by atomic mass is 16.5. The van der Waals surface area contributed by atoms with Gasteiger partial charge in [-0.25, -0.2) is 0 Å². The van der Waals surface area contributed by atoms with Gasteiger partial charge >= 0.3 is 0 Å². The third-order valence-electron chi connectivity index (χ3n) is 3.55. The second-order valence-electron chi connectivity index (χ2n) is 5.03. The minimum atomic E-state index is -0.0826. The van der Waals surface area contributed by atoms with Crippen molar-refractivity contribution in [2.75, 3.05) is 33.5 Å². The molecular weight excluding hydrogens is 230 g/mol. The van der Waals surface area contributed by atoms with E-state index in [9.17, 15) is 5.11 Å². The number of rotatable bonds is 6. The van der Waals surface area contributed by atoms with Crippen LogP contribution >= 0.6 is 0 Å². The first kappa shape index (κ1) is 13.3. The lowest BCUT2D eigenvalue weighted by atomic mass is 9.86. The molecule has 0 saturated carbocycles. The summed E-state index contributed by atoms with van der Waals surface area (Å²) in [5.74, 6) is 0.866. The maximum absolute atomic E-state index is 9.35. The number of hydrogen-bond donors (Lipinski definition) is 2. The van der Waals surface area contributed by atoms with Crippen molar-refractivity contribution in [3.05, 3.63) is 29.8 Å². The summed E-state index contributed by atoms with van der Waals surface area (Å²) in [7, 11) is 1.66. The quantitative estimate of drug-likeness (QED) is 0.801. The Hall–Kier alpha value is -1.10. The second kappa shape index (κ2) is 5.69. The predicted octanol–water partition coefficient (Wildman–Crippen LogP) is 1.35. The molecule has 0 bridgehead atoms. The summed E-state index contributed by atoms with van der Waals surface area (Å²) in [6.45, 7) is 4.36. The molecule has 4 nitrogen and oxygen atoms in total. The van der Waals surface area contributed by atoms with Crippen LogP contribution in [0.5, 0.6) is 5.75 Å². The van der Waals surface area contributed by atoms with E-state index in [-0.39, 0.29) is 18.1 Å². The zero-order valence-electron chi connectivity index (χ0n) is 11.0. The standard InChI is InChI=1S/C14H21NO3/c1-11(12-3-5-13(17-2)6-4-12)15-7-14(8-16)9-18-10-14/h3-6,11,15-16H,7-10H2,1-2H3. The molecule has 1 atom stereocenters. The summed E-state index contributed by atoms with van der Waals surface area (Å²) in [4.78, 5) is 0. The van der Waals surface area contributed by atoms with E-state index in [0.29, 0.717) is 13.2 Å². The van der Waals surface area contributed by atoms with Crippen molar-refractivity contribution < 1.29 is 14.6 Å². The fourth-order valence-corrected chi connectivity index (χ4v) is 2.02. The van der Waals surface area contributed by atoms with E-state index in [1.165, 1.54) is 5.56 Å². The first-order chi connectivity index (χ1) is 8.69. The average Bonchev–Trinajstić information content (AvgIpc) is 2.38. The Kier molecular flexibility index (Phi) is 4.22. The molecule has 2 rings (SSSR count). The monoisotopic (exact) mass is 251 g/mol. The number of aliphatic hydroxyl groups is 1. The summed E-state index contributed by atoms with van der Waals surface area (Å²) < 4.78 is 10.3. The molecule has 1 aliphatic heterocycles. The Labute approximate surface area is 108 Å². The van der Waals surface area contributed by atoms with Crippen molar-refractivity contribution in [1.29, 1.82) is 0 Å². The summed E-state index contributed by atoms with van der Waals surface area (Å²) in [5.41, 5.74) is 1.13. The van der Waals surface area contributed by atoms with E-state index in [1.807, 2.05) is 12.1 Å². The zero-order valence-corrected chi connectivity index (χ0v) is 11.0. The van der Waals surface area contributed by atoms with Crippen LogP contribution < -0.4 is 10.1 Å². The molecule has 0 spiro atoms. The van der Waals surface area contributed by atoms with Crippen molar-refractivity contribution >= 4 is 0 Å².